The maximum absolute atomic E-state index is 8.83. The van der Waals surface area contributed by atoms with Crippen LogP contribution in [0.25, 0.3) is 0 Å². The smallest absolute Gasteiger partial charge is 0.0556 e. The number of nitrogens with one attached hydrogen (secondary N) is 1. The Kier molecular flexibility index (Phi) is 4.85. The number of aliphatic hydroxyl groups is 1. The Balaban J connectivity index is 2.49. The lowest BCUT2D eigenvalue weighted by Gasteiger charge is -2.32. The van der Waals surface area contributed by atoms with Crippen LogP contribution in [0, 0.1) is 5.92 Å². The molecule has 2 unspecified atom stereocenters. The van der Waals surface area contributed by atoms with E-state index in [-0.39, 0.29) is 12.1 Å². The maximum Gasteiger partial charge on any atom is 0.0556 e. The van der Waals surface area contributed by atoms with Crippen molar-refractivity contribution in [3.63, 3.8) is 0 Å². The first-order chi connectivity index (χ1) is 6.72. The summed E-state index contributed by atoms with van der Waals surface area (Å²) in [5, 5.41) is 12.2. The van der Waals surface area contributed by atoms with Crippen molar-refractivity contribution in [1.29, 1.82) is 0 Å². The van der Waals surface area contributed by atoms with Gasteiger partial charge in [0, 0.05) is 18.6 Å². The number of nitrogens with two attached hydrogens (primary N) is 1. The molecule has 3 nitrogen and oxygen atoms in total. The second kappa shape index (κ2) is 5.69. The van der Waals surface area contributed by atoms with E-state index in [4.69, 9.17) is 10.8 Å². The lowest BCUT2D eigenvalue weighted by Crippen LogP contribution is -2.51. The van der Waals surface area contributed by atoms with E-state index in [1.807, 2.05) is 0 Å². The molecule has 1 saturated carbocycles. The highest BCUT2D eigenvalue weighted by Crippen LogP contribution is 2.29. The van der Waals surface area contributed by atoms with Crippen LogP contribution in [0.3, 0.4) is 0 Å². The fourth-order valence-corrected chi connectivity index (χ4v) is 2.36. The van der Waals surface area contributed by atoms with Gasteiger partial charge in [-0.3, -0.25) is 0 Å². The predicted octanol–water partition coefficient (Wildman–Crippen LogP) is 0.866. The van der Waals surface area contributed by atoms with E-state index in [0.29, 0.717) is 13.1 Å². The summed E-state index contributed by atoms with van der Waals surface area (Å²) in [5.41, 5.74) is 5.95. The maximum atomic E-state index is 8.83. The van der Waals surface area contributed by atoms with Gasteiger partial charge in [0.05, 0.1) is 6.61 Å². The summed E-state index contributed by atoms with van der Waals surface area (Å²) in [5.74, 6) is 0.833. The minimum absolute atomic E-state index is 0.105. The highest BCUT2D eigenvalue weighted by molar-refractivity contribution is 4.91. The standard InChI is InChI=1S/C11H24N2O/c1-10-3-2-5-11(9-12,6-4-10)13-7-8-14/h10,13-14H,2-9,12H2,1H3. The van der Waals surface area contributed by atoms with Gasteiger partial charge in [0.1, 0.15) is 0 Å². The Morgan fingerprint density at radius 2 is 2.21 bits per heavy atom. The van der Waals surface area contributed by atoms with Gasteiger partial charge < -0.3 is 16.2 Å². The number of aliphatic hydroxyl groups excluding tert-OH is 1. The van der Waals surface area contributed by atoms with Crippen LogP contribution in [-0.2, 0) is 0 Å². The third-order valence-electron chi connectivity index (χ3n) is 3.47. The van der Waals surface area contributed by atoms with E-state index in [1.54, 1.807) is 0 Å². The summed E-state index contributed by atoms with van der Waals surface area (Å²) in [6.45, 7) is 3.89. The molecule has 2 atom stereocenters. The van der Waals surface area contributed by atoms with Crippen molar-refractivity contribution >= 4 is 0 Å². The van der Waals surface area contributed by atoms with E-state index >= 15 is 0 Å². The van der Waals surface area contributed by atoms with Crippen molar-refractivity contribution in [3.05, 3.63) is 0 Å². The minimum Gasteiger partial charge on any atom is -0.395 e. The molecule has 0 amide bonds. The van der Waals surface area contributed by atoms with Gasteiger partial charge in [0.2, 0.25) is 0 Å². The highest BCUT2D eigenvalue weighted by Gasteiger charge is 2.29. The second-order valence-electron chi connectivity index (χ2n) is 4.67. The van der Waals surface area contributed by atoms with Gasteiger partial charge >= 0.3 is 0 Å². The van der Waals surface area contributed by atoms with Gasteiger partial charge in [-0.15, -0.1) is 0 Å². The molecule has 0 radical (unpaired) electrons. The average Bonchev–Trinajstić information content (AvgIpc) is 2.39. The summed E-state index contributed by atoms with van der Waals surface area (Å²) in [7, 11) is 0. The normalized spacial score (nSPS) is 34.1. The number of β-amino-alcohol motifs (C(OH)–C–C–N with tert-alkyl or cyclic N) is 1. The van der Waals surface area contributed by atoms with E-state index in [2.05, 4.69) is 12.2 Å². The van der Waals surface area contributed by atoms with Gasteiger partial charge in [0.15, 0.2) is 0 Å². The number of hydrogen-bond acceptors (Lipinski definition) is 3. The zero-order valence-electron chi connectivity index (χ0n) is 9.26. The summed E-state index contributed by atoms with van der Waals surface area (Å²) in [4.78, 5) is 0. The van der Waals surface area contributed by atoms with Gasteiger partial charge in [-0.1, -0.05) is 19.8 Å². The van der Waals surface area contributed by atoms with E-state index in [1.165, 1.54) is 19.3 Å². The van der Waals surface area contributed by atoms with Crippen LogP contribution in [0.4, 0.5) is 0 Å². The molecular formula is C11H24N2O. The molecular weight excluding hydrogens is 176 g/mol. The Morgan fingerprint density at radius 3 is 2.86 bits per heavy atom. The highest BCUT2D eigenvalue weighted by atomic mass is 16.3. The van der Waals surface area contributed by atoms with E-state index in [0.717, 1.165) is 18.8 Å². The first-order valence-corrected chi connectivity index (χ1v) is 5.78. The second-order valence-corrected chi connectivity index (χ2v) is 4.67. The largest absolute Gasteiger partial charge is 0.395 e. The van der Waals surface area contributed by atoms with Crippen LogP contribution in [0.15, 0.2) is 0 Å². The summed E-state index contributed by atoms with van der Waals surface area (Å²) < 4.78 is 0. The van der Waals surface area contributed by atoms with Crippen molar-refractivity contribution < 1.29 is 5.11 Å². The molecule has 0 aromatic carbocycles. The van der Waals surface area contributed by atoms with Gasteiger partial charge in [-0.25, -0.2) is 0 Å². The molecule has 0 aliphatic heterocycles. The SMILES string of the molecule is CC1CCCC(CN)(NCCO)CC1. The first kappa shape index (κ1) is 12.0. The molecule has 0 heterocycles. The average molecular weight is 200 g/mol. The van der Waals surface area contributed by atoms with E-state index in [9.17, 15) is 0 Å². The van der Waals surface area contributed by atoms with Gasteiger partial charge in [0.25, 0.3) is 0 Å². The third-order valence-corrected chi connectivity index (χ3v) is 3.47. The summed E-state index contributed by atoms with van der Waals surface area (Å²) >= 11 is 0. The molecule has 14 heavy (non-hydrogen) atoms. The monoisotopic (exact) mass is 200 g/mol. The number of rotatable bonds is 4. The van der Waals surface area contributed by atoms with Crippen molar-refractivity contribution in [2.45, 2.75) is 44.6 Å². The zero-order valence-corrected chi connectivity index (χ0v) is 9.26. The molecule has 1 rings (SSSR count). The minimum atomic E-state index is 0.105. The Morgan fingerprint density at radius 1 is 1.43 bits per heavy atom. The summed E-state index contributed by atoms with van der Waals surface area (Å²) in [6.07, 6.45) is 6.16. The topological polar surface area (TPSA) is 58.3 Å². The van der Waals surface area contributed by atoms with Crippen molar-refractivity contribution in [3.8, 4) is 0 Å². The quantitative estimate of drug-likeness (QED) is 0.590. The molecule has 0 spiro atoms. The lowest BCUT2D eigenvalue weighted by molar-refractivity contribution is 0.236. The van der Waals surface area contributed by atoms with Crippen LogP contribution >= 0.6 is 0 Å². The van der Waals surface area contributed by atoms with Gasteiger partial charge in [-0.2, -0.15) is 0 Å². The predicted molar refractivity (Wildman–Crippen MR) is 59.1 cm³/mol. The third kappa shape index (κ3) is 3.23. The van der Waals surface area contributed by atoms with Crippen LogP contribution in [-0.4, -0.2) is 30.3 Å². The van der Waals surface area contributed by atoms with Crippen LogP contribution < -0.4 is 11.1 Å². The van der Waals surface area contributed by atoms with Crippen molar-refractivity contribution in [2.24, 2.45) is 11.7 Å². The zero-order chi connectivity index (χ0) is 10.4. The molecule has 1 aliphatic carbocycles. The number of hydrogen-bond donors (Lipinski definition) is 3. The Hall–Kier alpha value is -0.120. The molecule has 1 fully saturated rings. The molecule has 3 heteroatoms. The first-order valence-electron chi connectivity index (χ1n) is 5.78. The molecule has 0 bridgehead atoms. The van der Waals surface area contributed by atoms with Crippen LogP contribution in [0.5, 0.6) is 0 Å². The summed E-state index contributed by atoms with van der Waals surface area (Å²) in [6, 6.07) is 0. The van der Waals surface area contributed by atoms with Crippen molar-refractivity contribution in [1.82, 2.24) is 5.32 Å². The Labute approximate surface area is 87.1 Å². The molecule has 0 aromatic heterocycles. The van der Waals surface area contributed by atoms with Crippen LogP contribution in [0.2, 0.25) is 0 Å². The van der Waals surface area contributed by atoms with E-state index < -0.39 is 0 Å². The van der Waals surface area contributed by atoms with Crippen molar-refractivity contribution in [2.75, 3.05) is 19.7 Å². The fourth-order valence-electron chi connectivity index (χ4n) is 2.36. The molecule has 4 N–H and O–H groups in total. The molecule has 84 valence electrons. The molecule has 0 saturated heterocycles. The van der Waals surface area contributed by atoms with Crippen LogP contribution in [0.1, 0.15) is 39.0 Å². The molecule has 1 aliphatic rings. The fraction of sp³-hybridized carbons (Fsp3) is 1.00. The van der Waals surface area contributed by atoms with Gasteiger partial charge in [-0.05, 0) is 25.2 Å². The lowest BCUT2D eigenvalue weighted by atomic mass is 9.90. The molecule has 0 aromatic rings. The Bertz CT molecular complexity index is 159.